The summed E-state index contributed by atoms with van der Waals surface area (Å²) < 4.78 is 66.7. The van der Waals surface area contributed by atoms with Crippen LogP contribution in [0.15, 0.2) is 29.2 Å². The van der Waals surface area contributed by atoms with Crippen LogP contribution >= 0.6 is 51.8 Å². The van der Waals surface area contributed by atoms with E-state index in [1.54, 1.807) is 6.26 Å². The van der Waals surface area contributed by atoms with E-state index < -0.39 is 24.0 Å². The van der Waals surface area contributed by atoms with E-state index in [9.17, 15) is 22.0 Å². The first kappa shape index (κ1) is 21.8. The molecular formula is C15H10ClF5IN4PS. The molecule has 0 saturated carbocycles. The molecule has 0 bridgehead atoms. The minimum atomic E-state index is -4.47. The fraction of sp³-hybridized carbons (Fsp3) is 0.200. The van der Waals surface area contributed by atoms with Crippen LogP contribution in [0.5, 0.6) is 0 Å². The summed E-state index contributed by atoms with van der Waals surface area (Å²) in [7, 11) is 0. The standard InChI is InChI=1S/C15H10ClF5IN4PS/c1-28-9-4-6(15(19,20)21)2-3-7(9)23-8-5-10(16)24-13-11(8)25-14(12(17)18)26(13)27-22/h2-5,12,27H,1H3,(H,23,24). The number of hydrogen-bond donors (Lipinski definition) is 1. The maximum absolute atomic E-state index is 13.3. The predicted molar refractivity (Wildman–Crippen MR) is 112 cm³/mol. The highest BCUT2D eigenvalue weighted by molar-refractivity contribution is 14.2. The smallest absolute Gasteiger partial charge is 0.353 e. The zero-order chi connectivity index (χ0) is 20.6. The van der Waals surface area contributed by atoms with Crippen LogP contribution in [-0.4, -0.2) is 20.6 Å². The van der Waals surface area contributed by atoms with Crippen LogP contribution in [0.3, 0.4) is 0 Å². The van der Waals surface area contributed by atoms with Crippen molar-refractivity contribution in [3.05, 3.63) is 40.8 Å². The van der Waals surface area contributed by atoms with Crippen LogP contribution in [0.2, 0.25) is 5.15 Å². The molecule has 2 heterocycles. The normalized spacial score (nSPS) is 12.6. The van der Waals surface area contributed by atoms with Gasteiger partial charge in [0.2, 0.25) is 0 Å². The number of thioether (sulfide) groups is 1. The van der Waals surface area contributed by atoms with Crippen molar-refractivity contribution in [3.63, 3.8) is 0 Å². The molecule has 1 N–H and O–H groups in total. The lowest BCUT2D eigenvalue weighted by atomic mass is 10.2. The lowest BCUT2D eigenvalue weighted by Gasteiger charge is -2.14. The molecule has 1 atom stereocenters. The van der Waals surface area contributed by atoms with Gasteiger partial charge in [0.05, 0.1) is 23.3 Å². The van der Waals surface area contributed by atoms with Crippen LogP contribution in [-0.2, 0) is 6.18 Å². The Morgan fingerprint density at radius 2 is 1.93 bits per heavy atom. The molecule has 150 valence electrons. The van der Waals surface area contributed by atoms with Gasteiger partial charge in [-0.1, -0.05) is 11.6 Å². The summed E-state index contributed by atoms with van der Waals surface area (Å²) in [5, 5.41) is 3.00. The van der Waals surface area contributed by atoms with Crippen molar-refractivity contribution in [3.8, 4) is 0 Å². The van der Waals surface area contributed by atoms with Gasteiger partial charge in [0, 0.05) is 11.0 Å². The number of pyridine rings is 1. The topological polar surface area (TPSA) is 42.7 Å². The first-order valence-corrected chi connectivity index (χ1v) is 13.1. The molecule has 28 heavy (non-hydrogen) atoms. The van der Waals surface area contributed by atoms with Gasteiger partial charge in [-0.25, -0.2) is 18.7 Å². The fourth-order valence-electron chi connectivity index (χ4n) is 2.47. The molecule has 0 spiro atoms. The number of rotatable bonds is 5. The van der Waals surface area contributed by atoms with Gasteiger partial charge in [0.25, 0.3) is 6.43 Å². The minimum Gasteiger partial charge on any atom is -0.353 e. The fourth-order valence-corrected chi connectivity index (χ4v) is 5.14. The van der Waals surface area contributed by atoms with Crippen molar-refractivity contribution >= 4 is 74.3 Å². The molecule has 0 radical (unpaired) electrons. The summed E-state index contributed by atoms with van der Waals surface area (Å²) in [6.07, 6.45) is -5.73. The van der Waals surface area contributed by atoms with E-state index >= 15 is 0 Å². The summed E-state index contributed by atoms with van der Waals surface area (Å²) in [5.74, 6) is -0.446. The van der Waals surface area contributed by atoms with Crippen molar-refractivity contribution in [2.75, 3.05) is 11.6 Å². The van der Waals surface area contributed by atoms with E-state index in [0.717, 1.165) is 23.9 Å². The highest BCUT2D eigenvalue weighted by Crippen LogP contribution is 2.40. The van der Waals surface area contributed by atoms with E-state index in [4.69, 9.17) is 11.6 Å². The summed E-state index contributed by atoms with van der Waals surface area (Å²) in [6.45, 7) is 0. The Labute approximate surface area is 180 Å². The zero-order valence-corrected chi connectivity index (χ0v) is 18.5. The molecule has 1 aromatic carbocycles. The van der Waals surface area contributed by atoms with Crippen molar-refractivity contribution in [1.82, 2.24) is 14.3 Å². The van der Waals surface area contributed by atoms with E-state index in [0.29, 0.717) is 10.6 Å². The van der Waals surface area contributed by atoms with Crippen LogP contribution in [0.1, 0.15) is 17.8 Å². The van der Waals surface area contributed by atoms with E-state index in [2.05, 4.69) is 15.3 Å². The Bertz CT molecular complexity index is 1030. The third-order valence-corrected chi connectivity index (χ3v) is 6.72. The first-order chi connectivity index (χ1) is 13.2. The van der Waals surface area contributed by atoms with Crippen LogP contribution in [0.4, 0.5) is 33.3 Å². The Morgan fingerprint density at radius 1 is 1.21 bits per heavy atom. The lowest BCUT2D eigenvalue weighted by Crippen LogP contribution is -2.05. The average molecular weight is 567 g/mol. The molecule has 0 fully saturated rings. The number of fused-ring (bicyclic) bond motifs is 1. The second-order valence-electron chi connectivity index (χ2n) is 5.39. The quantitative estimate of drug-likeness (QED) is 0.116. The van der Waals surface area contributed by atoms with Gasteiger partial charge in [-0.05, 0) is 46.5 Å². The second-order valence-corrected chi connectivity index (χ2v) is 8.69. The average Bonchev–Trinajstić information content (AvgIpc) is 2.99. The SMILES string of the molecule is CSc1cc(C(F)(F)F)ccc1Nc1cc(Cl)nc2c1nc(C(F)F)n2PI. The summed E-state index contributed by atoms with van der Waals surface area (Å²) in [5.41, 5.74) is 0.205. The largest absolute Gasteiger partial charge is 0.416 e. The Morgan fingerprint density at radius 3 is 2.50 bits per heavy atom. The molecule has 1 unspecified atom stereocenters. The first-order valence-electron chi connectivity index (χ1n) is 7.41. The number of anilines is 2. The van der Waals surface area contributed by atoms with Crippen molar-refractivity contribution in [2.24, 2.45) is 0 Å². The molecule has 0 saturated heterocycles. The molecule has 3 rings (SSSR count). The second kappa shape index (κ2) is 8.45. The Hall–Kier alpha value is -0.910. The molecule has 3 aromatic rings. The number of halogens is 7. The molecule has 4 nitrogen and oxygen atoms in total. The third kappa shape index (κ3) is 4.31. The third-order valence-electron chi connectivity index (χ3n) is 3.69. The van der Waals surface area contributed by atoms with E-state index in [-0.39, 0.29) is 28.4 Å². The highest BCUT2D eigenvalue weighted by atomic mass is 127. The number of benzene rings is 1. The zero-order valence-electron chi connectivity index (χ0n) is 13.8. The van der Waals surface area contributed by atoms with Gasteiger partial charge in [0.1, 0.15) is 10.7 Å². The van der Waals surface area contributed by atoms with Crippen molar-refractivity contribution in [1.29, 1.82) is 0 Å². The number of imidazole rings is 1. The molecule has 0 aliphatic heterocycles. The van der Waals surface area contributed by atoms with Gasteiger partial charge in [-0.15, -0.1) is 11.8 Å². The molecule has 2 aromatic heterocycles. The van der Waals surface area contributed by atoms with Gasteiger partial charge >= 0.3 is 6.18 Å². The van der Waals surface area contributed by atoms with E-state index in [1.807, 2.05) is 22.0 Å². The number of nitrogens with zero attached hydrogens (tertiary/aromatic N) is 3. The van der Waals surface area contributed by atoms with Gasteiger partial charge < -0.3 is 5.32 Å². The number of hydrogen-bond acceptors (Lipinski definition) is 4. The number of nitrogens with one attached hydrogen (secondary N) is 1. The van der Waals surface area contributed by atoms with Crippen LogP contribution in [0, 0.1) is 0 Å². The minimum absolute atomic E-state index is 0.0456. The van der Waals surface area contributed by atoms with Gasteiger partial charge in [-0.2, -0.15) is 13.2 Å². The molecule has 0 aliphatic carbocycles. The molecule has 0 aliphatic rings. The van der Waals surface area contributed by atoms with Crippen molar-refractivity contribution in [2.45, 2.75) is 17.5 Å². The Balaban J connectivity index is 2.12. The van der Waals surface area contributed by atoms with Crippen molar-refractivity contribution < 1.29 is 22.0 Å². The lowest BCUT2D eigenvalue weighted by molar-refractivity contribution is -0.137. The van der Waals surface area contributed by atoms with E-state index in [1.165, 1.54) is 16.5 Å². The maximum atomic E-state index is 13.3. The number of alkyl halides is 5. The number of aromatic nitrogens is 3. The molecule has 13 heteroatoms. The predicted octanol–water partition coefficient (Wildman–Crippen LogP) is 7.30. The van der Waals surface area contributed by atoms with Gasteiger partial charge in [0.15, 0.2) is 11.5 Å². The molecule has 0 amide bonds. The Kier molecular flexibility index (Phi) is 6.58. The van der Waals surface area contributed by atoms with Crippen LogP contribution < -0.4 is 5.32 Å². The summed E-state index contributed by atoms with van der Waals surface area (Å²) in [6, 6.07) is 4.63. The van der Waals surface area contributed by atoms with Gasteiger partial charge in [-0.3, -0.25) is 4.34 Å². The summed E-state index contributed by atoms with van der Waals surface area (Å²) in [4.78, 5) is 8.39. The molecular weight excluding hydrogens is 557 g/mol. The summed E-state index contributed by atoms with van der Waals surface area (Å²) >= 11 is 9.08. The monoisotopic (exact) mass is 566 g/mol. The maximum Gasteiger partial charge on any atom is 0.416 e. The highest BCUT2D eigenvalue weighted by Gasteiger charge is 2.31. The van der Waals surface area contributed by atoms with Crippen LogP contribution in [0.25, 0.3) is 11.2 Å².